The SMILES string of the molecule is CC(C)CCNC(=O)c1ccn(C2CCCNC2)n1. The molecule has 2 rings (SSSR count). The maximum absolute atomic E-state index is 11.9. The number of hydrogen-bond donors (Lipinski definition) is 2. The van der Waals surface area contributed by atoms with Gasteiger partial charge in [0.25, 0.3) is 5.91 Å². The monoisotopic (exact) mass is 264 g/mol. The van der Waals surface area contributed by atoms with Gasteiger partial charge in [0, 0.05) is 19.3 Å². The number of carbonyl (C=O) groups is 1. The first-order valence-electron chi connectivity index (χ1n) is 7.21. The number of amides is 1. The Balaban J connectivity index is 1.87. The normalized spacial score (nSPS) is 19.6. The highest BCUT2D eigenvalue weighted by atomic mass is 16.1. The molecular formula is C14H24N4O. The Kier molecular flexibility index (Phi) is 4.96. The summed E-state index contributed by atoms with van der Waals surface area (Å²) in [7, 11) is 0. The Hall–Kier alpha value is -1.36. The second-order valence-corrected chi connectivity index (χ2v) is 5.62. The van der Waals surface area contributed by atoms with Crippen molar-refractivity contribution in [2.24, 2.45) is 5.92 Å². The van der Waals surface area contributed by atoms with Gasteiger partial charge in [0.15, 0.2) is 0 Å². The van der Waals surface area contributed by atoms with Crippen LogP contribution in [0.2, 0.25) is 0 Å². The van der Waals surface area contributed by atoms with Gasteiger partial charge in [-0.2, -0.15) is 5.10 Å². The minimum Gasteiger partial charge on any atom is -0.351 e. The van der Waals surface area contributed by atoms with Gasteiger partial charge in [-0.15, -0.1) is 0 Å². The van der Waals surface area contributed by atoms with Crippen LogP contribution in [0.25, 0.3) is 0 Å². The van der Waals surface area contributed by atoms with Crippen LogP contribution in [0.4, 0.5) is 0 Å². The van der Waals surface area contributed by atoms with Crippen molar-refractivity contribution < 1.29 is 4.79 Å². The maximum atomic E-state index is 11.9. The van der Waals surface area contributed by atoms with Gasteiger partial charge in [-0.3, -0.25) is 9.48 Å². The zero-order valence-corrected chi connectivity index (χ0v) is 11.9. The molecule has 2 N–H and O–H groups in total. The minimum absolute atomic E-state index is 0.0665. The zero-order chi connectivity index (χ0) is 13.7. The van der Waals surface area contributed by atoms with Crippen LogP contribution in [0.3, 0.4) is 0 Å². The summed E-state index contributed by atoms with van der Waals surface area (Å²) in [5.74, 6) is 0.536. The fourth-order valence-corrected chi connectivity index (χ4v) is 2.29. The molecule has 1 aromatic rings. The molecule has 1 fully saturated rings. The van der Waals surface area contributed by atoms with E-state index in [0.717, 1.165) is 25.9 Å². The largest absolute Gasteiger partial charge is 0.351 e. The molecule has 0 aromatic carbocycles. The van der Waals surface area contributed by atoms with Gasteiger partial charge in [0.05, 0.1) is 6.04 Å². The lowest BCUT2D eigenvalue weighted by Gasteiger charge is -2.22. The first-order valence-corrected chi connectivity index (χ1v) is 7.21. The van der Waals surface area contributed by atoms with Gasteiger partial charge in [0.1, 0.15) is 5.69 Å². The van der Waals surface area contributed by atoms with Crippen LogP contribution < -0.4 is 10.6 Å². The minimum atomic E-state index is -0.0665. The Morgan fingerprint density at radius 1 is 1.63 bits per heavy atom. The van der Waals surface area contributed by atoms with E-state index >= 15 is 0 Å². The fraction of sp³-hybridized carbons (Fsp3) is 0.714. The third-order valence-corrected chi connectivity index (χ3v) is 3.49. The molecule has 5 nitrogen and oxygen atoms in total. The van der Waals surface area contributed by atoms with E-state index in [4.69, 9.17) is 0 Å². The van der Waals surface area contributed by atoms with Crippen LogP contribution in [0.5, 0.6) is 0 Å². The van der Waals surface area contributed by atoms with Crippen LogP contribution in [-0.4, -0.2) is 35.3 Å². The lowest BCUT2D eigenvalue weighted by molar-refractivity contribution is 0.0945. The number of piperidine rings is 1. The summed E-state index contributed by atoms with van der Waals surface area (Å²) in [6.45, 7) is 7.04. The van der Waals surface area contributed by atoms with Crippen LogP contribution in [0.15, 0.2) is 12.3 Å². The summed E-state index contributed by atoms with van der Waals surface area (Å²) in [6, 6.07) is 2.19. The van der Waals surface area contributed by atoms with Crippen molar-refractivity contribution in [3.05, 3.63) is 18.0 Å². The van der Waals surface area contributed by atoms with E-state index in [-0.39, 0.29) is 5.91 Å². The number of rotatable bonds is 5. The Bertz CT molecular complexity index is 407. The number of hydrogen-bond acceptors (Lipinski definition) is 3. The molecular weight excluding hydrogens is 240 g/mol. The van der Waals surface area contributed by atoms with Gasteiger partial charge in [-0.05, 0) is 37.8 Å². The van der Waals surface area contributed by atoms with Gasteiger partial charge >= 0.3 is 0 Å². The van der Waals surface area contributed by atoms with Crippen molar-refractivity contribution >= 4 is 5.91 Å². The Labute approximate surface area is 114 Å². The van der Waals surface area contributed by atoms with Crippen LogP contribution in [-0.2, 0) is 0 Å². The lowest BCUT2D eigenvalue weighted by Crippen LogP contribution is -2.32. The number of nitrogens with zero attached hydrogens (tertiary/aromatic N) is 2. The third-order valence-electron chi connectivity index (χ3n) is 3.49. The number of carbonyl (C=O) groups excluding carboxylic acids is 1. The highest BCUT2D eigenvalue weighted by Gasteiger charge is 2.17. The zero-order valence-electron chi connectivity index (χ0n) is 11.9. The fourth-order valence-electron chi connectivity index (χ4n) is 2.29. The van der Waals surface area contributed by atoms with E-state index in [2.05, 4.69) is 29.6 Å². The summed E-state index contributed by atoms with van der Waals surface area (Å²) in [5.41, 5.74) is 0.523. The standard InChI is InChI=1S/C14H24N4O/c1-11(2)5-8-16-14(19)13-6-9-18(17-13)12-4-3-7-15-10-12/h6,9,11-12,15H,3-5,7-8,10H2,1-2H3,(H,16,19). The molecule has 1 amide bonds. The highest BCUT2D eigenvalue weighted by Crippen LogP contribution is 2.15. The predicted octanol–water partition coefficient (Wildman–Crippen LogP) is 1.58. The molecule has 0 bridgehead atoms. The summed E-state index contributed by atoms with van der Waals surface area (Å²) in [4.78, 5) is 11.9. The molecule has 0 spiro atoms. The van der Waals surface area contributed by atoms with Crippen molar-refractivity contribution in [2.45, 2.75) is 39.2 Å². The molecule has 2 heterocycles. The summed E-state index contributed by atoms with van der Waals surface area (Å²) < 4.78 is 1.92. The van der Waals surface area contributed by atoms with E-state index in [9.17, 15) is 4.79 Å². The summed E-state index contributed by atoms with van der Waals surface area (Å²) in [6.07, 6.45) is 5.21. The molecule has 1 aliphatic rings. The van der Waals surface area contributed by atoms with Crippen molar-refractivity contribution in [2.75, 3.05) is 19.6 Å². The second-order valence-electron chi connectivity index (χ2n) is 5.62. The molecule has 19 heavy (non-hydrogen) atoms. The molecule has 0 aliphatic carbocycles. The molecule has 1 aromatic heterocycles. The average molecular weight is 264 g/mol. The van der Waals surface area contributed by atoms with Gasteiger partial charge in [0.2, 0.25) is 0 Å². The van der Waals surface area contributed by atoms with Crippen LogP contribution in [0.1, 0.15) is 49.6 Å². The second kappa shape index (κ2) is 6.70. The topological polar surface area (TPSA) is 59.0 Å². The highest BCUT2D eigenvalue weighted by molar-refractivity contribution is 5.92. The van der Waals surface area contributed by atoms with E-state index in [1.807, 2.05) is 10.9 Å². The smallest absolute Gasteiger partial charge is 0.271 e. The molecule has 1 unspecified atom stereocenters. The van der Waals surface area contributed by atoms with Crippen molar-refractivity contribution in [1.29, 1.82) is 0 Å². The van der Waals surface area contributed by atoms with Crippen molar-refractivity contribution in [3.63, 3.8) is 0 Å². The summed E-state index contributed by atoms with van der Waals surface area (Å²) in [5, 5.41) is 10.7. The Morgan fingerprint density at radius 3 is 3.16 bits per heavy atom. The molecule has 0 radical (unpaired) electrons. The van der Waals surface area contributed by atoms with Gasteiger partial charge < -0.3 is 10.6 Å². The lowest BCUT2D eigenvalue weighted by atomic mass is 10.1. The van der Waals surface area contributed by atoms with E-state index in [0.29, 0.717) is 24.2 Å². The third kappa shape index (κ3) is 4.06. The quantitative estimate of drug-likeness (QED) is 0.849. The van der Waals surface area contributed by atoms with E-state index in [1.54, 1.807) is 6.07 Å². The average Bonchev–Trinajstić information content (AvgIpc) is 2.89. The molecule has 0 saturated carbocycles. The molecule has 1 aliphatic heterocycles. The first-order chi connectivity index (χ1) is 9.16. The maximum Gasteiger partial charge on any atom is 0.271 e. The Morgan fingerprint density at radius 2 is 2.47 bits per heavy atom. The van der Waals surface area contributed by atoms with Gasteiger partial charge in [-0.25, -0.2) is 0 Å². The van der Waals surface area contributed by atoms with Crippen molar-refractivity contribution in [3.8, 4) is 0 Å². The summed E-state index contributed by atoms with van der Waals surface area (Å²) >= 11 is 0. The van der Waals surface area contributed by atoms with Crippen molar-refractivity contribution in [1.82, 2.24) is 20.4 Å². The van der Waals surface area contributed by atoms with E-state index in [1.165, 1.54) is 6.42 Å². The molecule has 1 atom stereocenters. The van der Waals surface area contributed by atoms with Crippen LogP contribution >= 0.6 is 0 Å². The molecule has 5 heteroatoms. The first kappa shape index (κ1) is 14.1. The molecule has 1 saturated heterocycles. The van der Waals surface area contributed by atoms with E-state index < -0.39 is 0 Å². The molecule has 106 valence electrons. The number of nitrogens with one attached hydrogen (secondary N) is 2. The van der Waals surface area contributed by atoms with Crippen LogP contribution in [0, 0.1) is 5.92 Å². The number of aromatic nitrogens is 2. The van der Waals surface area contributed by atoms with Gasteiger partial charge in [-0.1, -0.05) is 13.8 Å². The predicted molar refractivity (Wildman–Crippen MR) is 75.2 cm³/mol.